The van der Waals surface area contributed by atoms with Crippen molar-refractivity contribution in [2.75, 3.05) is 0 Å². The third-order valence-electron chi connectivity index (χ3n) is 6.04. The lowest BCUT2D eigenvalue weighted by Gasteiger charge is -2.47. The molecule has 0 aromatic rings. The summed E-state index contributed by atoms with van der Waals surface area (Å²) in [4.78, 5) is 0. The van der Waals surface area contributed by atoms with E-state index in [1.165, 1.54) is 44.9 Å². The molecule has 0 aromatic carbocycles. The molecule has 3 aliphatic rings. The average Bonchev–Trinajstić information content (AvgIpc) is 2.49. The van der Waals surface area contributed by atoms with E-state index >= 15 is 0 Å². The van der Waals surface area contributed by atoms with Crippen molar-refractivity contribution in [3.8, 4) is 0 Å². The summed E-state index contributed by atoms with van der Waals surface area (Å²) in [6.07, 6.45) is 10.6. The van der Waals surface area contributed by atoms with E-state index in [1.807, 2.05) is 0 Å². The van der Waals surface area contributed by atoms with Crippen LogP contribution in [0.5, 0.6) is 0 Å². The van der Waals surface area contributed by atoms with Crippen LogP contribution >= 0.6 is 0 Å². The maximum Gasteiger partial charge on any atom is -0.0274 e. The van der Waals surface area contributed by atoms with Gasteiger partial charge in [0.25, 0.3) is 0 Å². The van der Waals surface area contributed by atoms with Crippen LogP contribution in [0.2, 0.25) is 0 Å². The SMILES string of the molecule is CC(C)C12CCCC(C(C)C)(CC1)CC2. The lowest BCUT2D eigenvalue weighted by atomic mass is 9.58. The highest BCUT2D eigenvalue weighted by atomic mass is 14.5. The van der Waals surface area contributed by atoms with Crippen LogP contribution in [0.25, 0.3) is 0 Å². The zero-order valence-corrected chi connectivity index (χ0v) is 11.1. The molecule has 3 aliphatic carbocycles. The maximum absolute atomic E-state index is 2.45. The molecule has 0 saturated heterocycles. The quantitative estimate of drug-likeness (QED) is 0.597. The van der Waals surface area contributed by atoms with Crippen LogP contribution in [0.3, 0.4) is 0 Å². The molecule has 88 valence electrons. The van der Waals surface area contributed by atoms with Crippen molar-refractivity contribution in [2.45, 2.75) is 72.6 Å². The Bertz CT molecular complexity index is 192. The van der Waals surface area contributed by atoms with Gasteiger partial charge in [0.15, 0.2) is 0 Å². The van der Waals surface area contributed by atoms with Crippen molar-refractivity contribution in [3.63, 3.8) is 0 Å². The van der Waals surface area contributed by atoms with Gasteiger partial charge in [-0.25, -0.2) is 0 Å². The topological polar surface area (TPSA) is 0 Å². The Morgan fingerprint density at radius 2 is 0.933 bits per heavy atom. The number of rotatable bonds is 2. The molecule has 2 bridgehead atoms. The van der Waals surface area contributed by atoms with E-state index in [0.29, 0.717) is 0 Å². The van der Waals surface area contributed by atoms with Crippen molar-refractivity contribution in [3.05, 3.63) is 0 Å². The predicted octanol–water partition coefficient (Wildman–Crippen LogP) is 5.03. The predicted molar refractivity (Wildman–Crippen MR) is 66.9 cm³/mol. The van der Waals surface area contributed by atoms with Gasteiger partial charge in [-0.15, -0.1) is 0 Å². The minimum absolute atomic E-state index is 0.731. The molecule has 15 heavy (non-hydrogen) atoms. The molecule has 3 rings (SSSR count). The Kier molecular flexibility index (Phi) is 2.90. The van der Waals surface area contributed by atoms with E-state index in [9.17, 15) is 0 Å². The number of hydrogen-bond acceptors (Lipinski definition) is 0. The van der Waals surface area contributed by atoms with E-state index in [2.05, 4.69) is 27.7 Å². The van der Waals surface area contributed by atoms with Gasteiger partial charge >= 0.3 is 0 Å². The fourth-order valence-electron chi connectivity index (χ4n) is 4.27. The summed E-state index contributed by atoms with van der Waals surface area (Å²) in [7, 11) is 0. The lowest BCUT2D eigenvalue weighted by Crippen LogP contribution is -2.36. The first-order valence-electron chi connectivity index (χ1n) is 7.01. The van der Waals surface area contributed by atoms with E-state index in [-0.39, 0.29) is 0 Å². The van der Waals surface area contributed by atoms with Gasteiger partial charge in [0.05, 0.1) is 0 Å². The van der Waals surface area contributed by atoms with E-state index < -0.39 is 0 Å². The summed E-state index contributed by atoms with van der Waals surface area (Å²) in [6.45, 7) is 9.81. The molecule has 0 aromatic heterocycles. The van der Waals surface area contributed by atoms with Gasteiger partial charge in [0, 0.05) is 0 Å². The van der Waals surface area contributed by atoms with Crippen LogP contribution in [0.1, 0.15) is 72.6 Å². The molecule has 0 nitrogen and oxygen atoms in total. The second-order valence-corrected chi connectivity index (χ2v) is 6.89. The van der Waals surface area contributed by atoms with Crippen molar-refractivity contribution >= 4 is 0 Å². The normalized spacial score (nSPS) is 41.2. The largest absolute Gasteiger partial charge is 0.0622 e. The highest BCUT2D eigenvalue weighted by Gasteiger charge is 2.47. The highest BCUT2D eigenvalue weighted by Crippen LogP contribution is 2.59. The van der Waals surface area contributed by atoms with Crippen LogP contribution in [-0.4, -0.2) is 0 Å². The standard InChI is InChI=1S/C15H28/c1-12(2)14-6-5-7-15(10-8-14,11-9-14)13(3)4/h12-13H,5-11H2,1-4H3. The molecule has 0 spiro atoms. The van der Waals surface area contributed by atoms with Crippen LogP contribution in [0, 0.1) is 22.7 Å². The number of fused-ring (bicyclic) bond motifs is 4. The average molecular weight is 208 g/mol. The van der Waals surface area contributed by atoms with Gasteiger partial charge in [-0.3, -0.25) is 0 Å². The second-order valence-electron chi connectivity index (χ2n) is 6.89. The van der Waals surface area contributed by atoms with Gasteiger partial charge in [0.1, 0.15) is 0 Å². The van der Waals surface area contributed by atoms with E-state index in [4.69, 9.17) is 0 Å². The molecular weight excluding hydrogens is 180 g/mol. The van der Waals surface area contributed by atoms with Crippen LogP contribution in [-0.2, 0) is 0 Å². The Hall–Kier alpha value is 0. The molecular formula is C15H28. The fraction of sp³-hybridized carbons (Fsp3) is 1.00. The highest BCUT2D eigenvalue weighted by molar-refractivity contribution is 4.98. The second kappa shape index (κ2) is 3.79. The van der Waals surface area contributed by atoms with Gasteiger partial charge in [-0.05, 0) is 61.2 Å². The van der Waals surface area contributed by atoms with Gasteiger partial charge in [-0.2, -0.15) is 0 Å². The van der Waals surface area contributed by atoms with Crippen LogP contribution in [0.4, 0.5) is 0 Å². The molecule has 3 saturated carbocycles. The fourth-order valence-corrected chi connectivity index (χ4v) is 4.27. The smallest absolute Gasteiger partial charge is 0.0274 e. The molecule has 0 atom stereocenters. The van der Waals surface area contributed by atoms with E-state index in [0.717, 1.165) is 22.7 Å². The summed E-state index contributed by atoms with van der Waals surface area (Å²) in [5.41, 5.74) is 1.46. The number of hydrogen-bond donors (Lipinski definition) is 0. The third-order valence-corrected chi connectivity index (χ3v) is 6.04. The molecule has 0 heterocycles. The van der Waals surface area contributed by atoms with Crippen molar-refractivity contribution < 1.29 is 0 Å². The lowest BCUT2D eigenvalue weighted by molar-refractivity contribution is 0.0366. The Morgan fingerprint density at radius 3 is 1.20 bits per heavy atom. The van der Waals surface area contributed by atoms with Crippen molar-refractivity contribution in [1.29, 1.82) is 0 Å². The first-order valence-corrected chi connectivity index (χ1v) is 7.01. The van der Waals surface area contributed by atoms with Crippen LogP contribution < -0.4 is 0 Å². The zero-order valence-electron chi connectivity index (χ0n) is 11.1. The molecule has 0 radical (unpaired) electrons. The summed E-state index contributed by atoms with van der Waals surface area (Å²) < 4.78 is 0. The first kappa shape index (κ1) is 11.5. The Morgan fingerprint density at radius 1 is 0.600 bits per heavy atom. The van der Waals surface area contributed by atoms with Crippen molar-refractivity contribution in [2.24, 2.45) is 22.7 Å². The molecule has 3 fully saturated rings. The molecule has 0 heteroatoms. The molecule has 0 amide bonds. The minimum Gasteiger partial charge on any atom is -0.0622 e. The van der Waals surface area contributed by atoms with Crippen molar-refractivity contribution in [1.82, 2.24) is 0 Å². The molecule has 0 aliphatic heterocycles. The Balaban J connectivity index is 2.18. The summed E-state index contributed by atoms with van der Waals surface area (Å²) in [5.74, 6) is 1.81. The van der Waals surface area contributed by atoms with Gasteiger partial charge in [0.2, 0.25) is 0 Å². The monoisotopic (exact) mass is 208 g/mol. The first-order chi connectivity index (χ1) is 7.01. The minimum atomic E-state index is 0.731. The third kappa shape index (κ3) is 1.74. The molecule has 0 N–H and O–H groups in total. The van der Waals surface area contributed by atoms with Crippen LogP contribution in [0.15, 0.2) is 0 Å². The van der Waals surface area contributed by atoms with Gasteiger partial charge < -0.3 is 0 Å². The summed E-state index contributed by atoms with van der Waals surface area (Å²) >= 11 is 0. The van der Waals surface area contributed by atoms with E-state index in [1.54, 1.807) is 0 Å². The van der Waals surface area contributed by atoms with Gasteiger partial charge in [-0.1, -0.05) is 34.1 Å². The summed E-state index contributed by atoms with van der Waals surface area (Å²) in [5, 5.41) is 0. The maximum atomic E-state index is 2.45. The Labute approximate surface area is 95.8 Å². The molecule has 0 unspecified atom stereocenters. The zero-order chi connectivity index (χ0) is 11.1. The summed E-state index contributed by atoms with van der Waals surface area (Å²) in [6, 6.07) is 0.